The Morgan fingerprint density at radius 2 is 1.82 bits per heavy atom. The van der Waals surface area contributed by atoms with E-state index in [1.54, 1.807) is 12.0 Å². The van der Waals surface area contributed by atoms with E-state index < -0.39 is 10.0 Å². The third kappa shape index (κ3) is 6.19. The van der Waals surface area contributed by atoms with Crippen molar-refractivity contribution in [3.63, 3.8) is 0 Å². The number of ketones is 1. The van der Waals surface area contributed by atoms with Crippen LogP contribution in [0.5, 0.6) is 5.75 Å². The van der Waals surface area contributed by atoms with Gasteiger partial charge in [-0.25, -0.2) is 8.42 Å². The average Bonchev–Trinajstić information content (AvgIpc) is 3.32. The number of amides is 1. The molecule has 2 aromatic carbocycles. The van der Waals surface area contributed by atoms with Gasteiger partial charge < -0.3 is 14.4 Å². The molecule has 0 saturated carbocycles. The second kappa shape index (κ2) is 10.9. The van der Waals surface area contributed by atoms with Crippen LogP contribution < -0.4 is 4.74 Å². The van der Waals surface area contributed by atoms with Gasteiger partial charge in [0, 0.05) is 37.9 Å². The number of nitrogens with zero attached hydrogens (tertiary/aromatic N) is 2. The van der Waals surface area contributed by atoms with Gasteiger partial charge in [0.05, 0.1) is 24.7 Å². The van der Waals surface area contributed by atoms with E-state index in [1.807, 2.05) is 24.3 Å². The first-order valence-corrected chi connectivity index (χ1v) is 12.2. The molecule has 0 N–H and O–H groups in total. The molecule has 8 nitrogen and oxygen atoms in total. The number of methoxy groups -OCH3 is 1. The molecule has 0 spiro atoms. The summed E-state index contributed by atoms with van der Waals surface area (Å²) in [5.74, 6) is 0.181. The van der Waals surface area contributed by atoms with Crippen molar-refractivity contribution in [2.45, 2.75) is 37.3 Å². The number of hydrogen-bond donors (Lipinski definition) is 0. The van der Waals surface area contributed by atoms with E-state index in [1.165, 1.54) is 38.2 Å². The number of hydrogen-bond acceptors (Lipinski definition) is 6. The van der Waals surface area contributed by atoms with Crippen LogP contribution in [0.15, 0.2) is 53.4 Å². The second-order valence-corrected chi connectivity index (χ2v) is 10.1. The van der Waals surface area contributed by atoms with Gasteiger partial charge in [-0.1, -0.05) is 30.3 Å². The highest BCUT2D eigenvalue weighted by Gasteiger charge is 2.28. The van der Waals surface area contributed by atoms with Crippen LogP contribution in [0.1, 0.15) is 35.7 Å². The fourth-order valence-electron chi connectivity index (χ4n) is 3.74. The van der Waals surface area contributed by atoms with Crippen LogP contribution in [0.3, 0.4) is 0 Å². The van der Waals surface area contributed by atoms with E-state index in [9.17, 15) is 18.0 Å². The summed E-state index contributed by atoms with van der Waals surface area (Å²) in [7, 11) is -0.958. The van der Waals surface area contributed by atoms with Gasteiger partial charge in [-0.05, 0) is 38.0 Å². The quantitative estimate of drug-likeness (QED) is 0.492. The number of ether oxygens (including phenoxy) is 2. The van der Waals surface area contributed by atoms with Crippen molar-refractivity contribution in [2.24, 2.45) is 0 Å². The summed E-state index contributed by atoms with van der Waals surface area (Å²) in [6.07, 6.45) is 1.71. The highest BCUT2D eigenvalue weighted by molar-refractivity contribution is 7.89. The lowest BCUT2D eigenvalue weighted by atomic mass is 10.1. The topological polar surface area (TPSA) is 93.2 Å². The van der Waals surface area contributed by atoms with Gasteiger partial charge >= 0.3 is 0 Å². The molecule has 9 heteroatoms. The smallest absolute Gasteiger partial charge is 0.243 e. The van der Waals surface area contributed by atoms with E-state index in [2.05, 4.69) is 0 Å². The Morgan fingerprint density at radius 3 is 2.42 bits per heavy atom. The third-order valence-corrected chi connectivity index (χ3v) is 7.50. The number of rotatable bonds is 10. The van der Waals surface area contributed by atoms with Crippen molar-refractivity contribution in [3.8, 4) is 5.75 Å². The second-order valence-electron chi connectivity index (χ2n) is 8.06. The first kappa shape index (κ1) is 24.9. The lowest BCUT2D eigenvalue weighted by Gasteiger charge is -2.28. The van der Waals surface area contributed by atoms with Crippen LogP contribution in [0, 0.1) is 0 Å². The number of sulfonamides is 1. The van der Waals surface area contributed by atoms with Gasteiger partial charge in [0.15, 0.2) is 5.78 Å². The summed E-state index contributed by atoms with van der Waals surface area (Å²) in [6, 6.07) is 13.1. The Labute approximate surface area is 195 Å². The molecule has 0 aliphatic carbocycles. The molecule has 0 radical (unpaired) electrons. The largest absolute Gasteiger partial charge is 0.496 e. The fraction of sp³-hybridized carbons (Fsp3) is 0.417. The van der Waals surface area contributed by atoms with Crippen LogP contribution in [-0.2, 0) is 26.1 Å². The fourth-order valence-corrected chi connectivity index (χ4v) is 4.87. The Kier molecular flexibility index (Phi) is 8.23. The van der Waals surface area contributed by atoms with Gasteiger partial charge in [0.1, 0.15) is 5.75 Å². The van der Waals surface area contributed by atoms with E-state index in [-0.39, 0.29) is 35.8 Å². The molecule has 1 atom stereocenters. The number of benzene rings is 2. The minimum absolute atomic E-state index is 0.0261. The number of carbonyl (C=O) groups excluding carboxylic acids is 2. The minimum atomic E-state index is -3.90. The van der Waals surface area contributed by atoms with Crippen molar-refractivity contribution in [3.05, 3.63) is 59.7 Å². The molecule has 1 aliphatic rings. The summed E-state index contributed by atoms with van der Waals surface area (Å²) in [5.41, 5.74) is 1.25. The Bertz CT molecular complexity index is 1080. The Balaban J connectivity index is 1.77. The molecule has 2 aromatic rings. The Morgan fingerprint density at radius 1 is 1.12 bits per heavy atom. The molecule has 1 amide bonds. The lowest BCUT2D eigenvalue weighted by molar-refractivity contribution is -0.133. The minimum Gasteiger partial charge on any atom is -0.496 e. The van der Waals surface area contributed by atoms with Crippen LogP contribution in [0.25, 0.3) is 0 Å². The van der Waals surface area contributed by atoms with Crippen molar-refractivity contribution in [2.75, 3.05) is 33.9 Å². The van der Waals surface area contributed by atoms with Crippen LogP contribution in [-0.4, -0.2) is 69.3 Å². The predicted molar refractivity (Wildman–Crippen MR) is 124 cm³/mol. The zero-order valence-electron chi connectivity index (χ0n) is 19.2. The first-order valence-electron chi connectivity index (χ1n) is 10.8. The summed E-state index contributed by atoms with van der Waals surface area (Å²) >= 11 is 0. The van der Waals surface area contributed by atoms with Crippen molar-refractivity contribution >= 4 is 21.7 Å². The van der Waals surface area contributed by atoms with Gasteiger partial charge in [-0.2, -0.15) is 4.31 Å². The average molecular weight is 475 g/mol. The summed E-state index contributed by atoms with van der Waals surface area (Å²) in [5, 5.41) is 0. The normalized spacial score (nSPS) is 16.1. The molecule has 0 bridgehead atoms. The molecule has 3 rings (SSSR count). The molecular weight excluding hydrogens is 444 g/mol. The van der Waals surface area contributed by atoms with Gasteiger partial charge in [-0.3, -0.25) is 9.59 Å². The zero-order valence-corrected chi connectivity index (χ0v) is 20.0. The number of carbonyl (C=O) groups is 2. The van der Waals surface area contributed by atoms with Gasteiger partial charge in [-0.15, -0.1) is 0 Å². The number of likely N-dealkylation sites (N-methyl/N-ethyl adjacent to an activating group) is 1. The SMILES string of the molecule is COc1ccccc1CN(CC1CCCO1)C(=O)CN(C)S(=O)(=O)c1ccc(C(C)=O)cc1. The van der Waals surface area contributed by atoms with E-state index in [0.29, 0.717) is 24.5 Å². The van der Waals surface area contributed by atoms with Crippen molar-refractivity contribution in [1.29, 1.82) is 0 Å². The van der Waals surface area contributed by atoms with E-state index >= 15 is 0 Å². The molecule has 1 heterocycles. The van der Waals surface area contributed by atoms with Gasteiger partial charge in [0.25, 0.3) is 0 Å². The summed E-state index contributed by atoms with van der Waals surface area (Å²) in [6.45, 7) is 2.41. The van der Waals surface area contributed by atoms with Crippen LogP contribution in [0.4, 0.5) is 0 Å². The molecule has 1 unspecified atom stereocenters. The molecule has 178 valence electrons. The van der Waals surface area contributed by atoms with E-state index in [0.717, 1.165) is 22.7 Å². The molecule has 1 saturated heterocycles. The maximum atomic E-state index is 13.2. The van der Waals surface area contributed by atoms with Crippen LogP contribution in [0.2, 0.25) is 0 Å². The highest BCUT2D eigenvalue weighted by Crippen LogP contribution is 2.22. The molecule has 1 aliphatic heterocycles. The van der Waals surface area contributed by atoms with Crippen molar-refractivity contribution < 1.29 is 27.5 Å². The molecule has 0 aromatic heterocycles. The standard InChI is InChI=1S/C24H30N2O6S/c1-18(27)19-10-12-22(13-11-19)33(29,30)25(2)17-24(28)26(16-21-8-6-14-32-21)15-20-7-4-5-9-23(20)31-3/h4-5,7,9-13,21H,6,8,14-17H2,1-3H3. The Hall–Kier alpha value is -2.75. The molecular formula is C24H30N2O6S. The summed E-state index contributed by atoms with van der Waals surface area (Å²) in [4.78, 5) is 26.4. The maximum Gasteiger partial charge on any atom is 0.243 e. The van der Waals surface area contributed by atoms with Crippen molar-refractivity contribution in [1.82, 2.24) is 9.21 Å². The first-order chi connectivity index (χ1) is 15.7. The zero-order chi connectivity index (χ0) is 24.0. The number of Topliss-reactive ketones (excluding diaryl/α,β-unsaturated/α-hetero) is 1. The van der Waals surface area contributed by atoms with Crippen LogP contribution >= 0.6 is 0 Å². The molecule has 33 heavy (non-hydrogen) atoms. The lowest BCUT2D eigenvalue weighted by Crippen LogP contribution is -2.43. The number of para-hydroxylation sites is 1. The third-order valence-electron chi connectivity index (χ3n) is 5.68. The summed E-state index contributed by atoms with van der Waals surface area (Å²) < 4.78 is 38.2. The monoisotopic (exact) mass is 474 g/mol. The molecule has 1 fully saturated rings. The van der Waals surface area contributed by atoms with E-state index in [4.69, 9.17) is 9.47 Å². The predicted octanol–water partition coefficient (Wildman–Crippen LogP) is 2.73. The van der Waals surface area contributed by atoms with Gasteiger partial charge in [0.2, 0.25) is 15.9 Å². The maximum absolute atomic E-state index is 13.2. The highest BCUT2D eigenvalue weighted by atomic mass is 32.2.